The molecule has 0 aromatic rings. The van der Waals surface area contributed by atoms with E-state index < -0.39 is 0 Å². The van der Waals surface area contributed by atoms with Gasteiger partial charge in [0.2, 0.25) is 0 Å². The van der Waals surface area contributed by atoms with Crippen molar-refractivity contribution in [3.8, 4) is 0 Å². The molecule has 24 heteroatoms. The third-order valence-electron chi connectivity index (χ3n) is 22.3. The summed E-state index contributed by atoms with van der Waals surface area (Å²) in [6.45, 7) is 99.4. The zero-order valence-electron chi connectivity index (χ0n) is 86.7. The first kappa shape index (κ1) is 133. The molecule has 0 radical (unpaired) electrons. The lowest BCUT2D eigenvalue weighted by atomic mass is 10.2. The fourth-order valence-corrected chi connectivity index (χ4v) is 13.4. The van der Waals surface area contributed by atoms with Gasteiger partial charge in [-0.1, -0.05) is 119 Å². The van der Waals surface area contributed by atoms with Crippen molar-refractivity contribution < 1.29 is 112 Å². The van der Waals surface area contributed by atoms with Crippen LogP contribution >= 0.6 is 0 Å². The van der Waals surface area contributed by atoms with Crippen LogP contribution in [0.15, 0.2) is 97.2 Å². The molecule has 0 aromatic heterocycles. The highest BCUT2D eigenvalue weighted by molar-refractivity contribution is 5.88. The van der Waals surface area contributed by atoms with E-state index in [-0.39, 0.29) is 47.8 Å². The minimum absolute atomic E-state index is 0.223. The van der Waals surface area contributed by atoms with Crippen molar-refractivity contribution >= 4 is 47.8 Å². The minimum atomic E-state index is -0.302. The largest absolute Gasteiger partial charge is 0.457 e. The average molecular weight is 1770 g/mol. The standard InChI is InChI=1S/2C15H30NO2.2C14H28NO2.2C12H24NO2.2C9H18NO2/c1-6-9-11-16(8-3,10-7-2)12-13-18-15(17)14(4)5;1-5-9-12-16(8-4,11-7-3)13-14-18-15(17)10-6-2;1-6-9-15(8-3,10-7-2)11-12-17-14(16)13(4)5;1-5-9-14(16)17-13-12-15(8-4,10-6-2)11-7-3;1-6-13(7-2,8-3)9-10-15-12(14)11(4)5;1-5-9-12(14)15-11-10-13(6-2,7-3)8-4;1-8(2)9(11)12-7-6-10(3,4)5;1-5-6-9(11)12-8-7-10(2,3)4/h4,6-13H2,1-3,5H3;6,10H,5,7-9,11-14H2,1-4H3;4,6-12H2,1-3,5H3;5,9H,6-8,10-13H2,1-4H3;4,6-10H2,1-3,5H3;5,9H,6-8,10-11H2,1-4H3;1,6-7H2,2-5H3;5-6H,7-8H2,1-4H3/q8*+1/b;10-6+;;9-5+;;9-5+;;6-5+. The monoisotopic (exact) mass is 1770 g/mol. The molecule has 0 aliphatic rings. The van der Waals surface area contributed by atoms with Gasteiger partial charge in [0.15, 0.2) is 0 Å². The summed E-state index contributed by atoms with van der Waals surface area (Å²) in [7, 11) is 12.3. The molecule has 728 valence electrons. The van der Waals surface area contributed by atoms with E-state index in [0.29, 0.717) is 75.1 Å². The van der Waals surface area contributed by atoms with Crippen LogP contribution in [0.2, 0.25) is 0 Å². The summed E-state index contributed by atoms with van der Waals surface area (Å²) < 4.78 is 48.8. The number of likely N-dealkylation sites (N-methyl/N-ethyl adjacent to an activating group) is 8. The predicted molar refractivity (Wildman–Crippen MR) is 519 cm³/mol. The quantitative estimate of drug-likeness (QED) is 0.0240. The number of unbranched alkanes of at least 4 members (excludes halogenated alkanes) is 2. The minimum Gasteiger partial charge on any atom is -0.457 e. The molecule has 2 unspecified atom stereocenters. The van der Waals surface area contributed by atoms with Crippen LogP contribution in [-0.4, -0.2) is 349 Å². The number of quaternary nitrogens is 8. The number of hydrogen-bond donors (Lipinski definition) is 0. The van der Waals surface area contributed by atoms with Crippen LogP contribution in [0.5, 0.6) is 0 Å². The maximum Gasteiger partial charge on any atom is 0.333 e. The van der Waals surface area contributed by atoms with Crippen molar-refractivity contribution in [3.05, 3.63) is 97.2 Å². The van der Waals surface area contributed by atoms with Crippen molar-refractivity contribution in [2.45, 2.75) is 244 Å². The van der Waals surface area contributed by atoms with Crippen LogP contribution < -0.4 is 0 Å². The van der Waals surface area contributed by atoms with Crippen molar-refractivity contribution in [3.63, 3.8) is 0 Å². The molecule has 0 heterocycles. The van der Waals surface area contributed by atoms with E-state index in [1.807, 2.05) is 20.8 Å². The molecule has 2 atom stereocenters. The van der Waals surface area contributed by atoms with E-state index in [1.54, 1.807) is 58.9 Å². The number of ether oxygens (including phenoxy) is 8. The summed E-state index contributed by atoms with van der Waals surface area (Å²) in [5.74, 6) is -2.07. The van der Waals surface area contributed by atoms with Gasteiger partial charge in [0, 0.05) is 46.6 Å². The van der Waals surface area contributed by atoms with Gasteiger partial charge < -0.3 is 73.8 Å². The fourth-order valence-electron chi connectivity index (χ4n) is 13.4. The van der Waals surface area contributed by atoms with Crippen molar-refractivity contribution in [2.75, 3.05) is 265 Å². The van der Waals surface area contributed by atoms with Crippen LogP contribution in [0, 0.1) is 0 Å². The van der Waals surface area contributed by atoms with Crippen molar-refractivity contribution in [2.24, 2.45) is 0 Å². The Labute approximate surface area is 762 Å². The van der Waals surface area contributed by atoms with Gasteiger partial charge in [-0.15, -0.1) is 0 Å². The third kappa shape index (κ3) is 75.5. The summed E-state index contributed by atoms with van der Waals surface area (Å²) in [6.07, 6.45) is 24.6. The average Bonchev–Trinajstić information content (AvgIpc) is 1.01. The fraction of sp³-hybridized carbons (Fsp3) is 0.760. The van der Waals surface area contributed by atoms with E-state index in [9.17, 15) is 38.4 Å². The van der Waals surface area contributed by atoms with Gasteiger partial charge >= 0.3 is 47.8 Å². The zero-order valence-corrected chi connectivity index (χ0v) is 86.7. The molecule has 0 aromatic carbocycles. The Bertz CT molecular complexity index is 2900. The van der Waals surface area contributed by atoms with Gasteiger partial charge in [-0.3, -0.25) is 0 Å². The Morgan fingerprint density at radius 1 is 0.218 bits per heavy atom. The topological polar surface area (TPSA) is 210 Å². The Balaban J connectivity index is -0.000000207. The van der Waals surface area contributed by atoms with E-state index in [4.69, 9.17) is 37.9 Å². The maximum absolute atomic E-state index is 11.4. The third-order valence-corrected chi connectivity index (χ3v) is 22.3. The number of hydrogen-bond acceptors (Lipinski definition) is 16. The number of rotatable bonds is 60. The summed E-state index contributed by atoms with van der Waals surface area (Å²) in [6, 6.07) is 0. The highest BCUT2D eigenvalue weighted by Gasteiger charge is 2.29. The molecule has 0 aliphatic heterocycles. The highest BCUT2D eigenvalue weighted by atomic mass is 16.6. The highest BCUT2D eigenvalue weighted by Crippen LogP contribution is 2.16. The van der Waals surface area contributed by atoms with Gasteiger partial charge in [-0.2, -0.15) is 0 Å². The molecular weight excluding hydrogens is 1570 g/mol. The first-order chi connectivity index (χ1) is 58.2. The SMILES string of the molecule is C/C=C/C(=O)OCC[N+](C)(C)C.C/C=C/C(=O)OCC[N+](CC)(CC)CC.C/C=C/C(=O)OCC[N+](CC)(CCC)CCC.C/C=C/C(=O)OCC[N+](CC)(CCC)CCCC.C=C(C)C(=O)OCC[N+](C)(C)C.C=C(C)C(=O)OCC[N+](CC)(CC)CC.C=C(C)C(=O)OCC[N+](CC)(CCC)CCC.C=C(C)C(=O)OCC[N+](CC)(CCC)CCCC. The first-order valence-corrected chi connectivity index (χ1v) is 47.4. The molecule has 0 fully saturated rings. The molecule has 0 bridgehead atoms. The number of carbonyl (C=O) groups excluding carboxylic acids is 8. The molecule has 0 saturated heterocycles. The van der Waals surface area contributed by atoms with Crippen molar-refractivity contribution in [1.29, 1.82) is 0 Å². The number of carbonyl (C=O) groups is 8. The van der Waals surface area contributed by atoms with Gasteiger partial charge in [0.25, 0.3) is 0 Å². The van der Waals surface area contributed by atoms with Crippen LogP contribution in [-0.2, 0) is 76.3 Å². The first-order valence-electron chi connectivity index (χ1n) is 47.4. The van der Waals surface area contributed by atoms with Crippen LogP contribution in [0.4, 0.5) is 0 Å². The molecule has 0 aliphatic carbocycles. The molecular formula is C100H200N8O16+8. The van der Waals surface area contributed by atoms with E-state index in [1.165, 1.54) is 128 Å². The van der Waals surface area contributed by atoms with E-state index in [2.05, 4.69) is 193 Å². The molecule has 0 spiro atoms. The van der Waals surface area contributed by atoms with Crippen LogP contribution in [0.3, 0.4) is 0 Å². The second kappa shape index (κ2) is 82.1. The predicted octanol–water partition coefficient (Wildman–Crippen LogP) is 17.4. The summed E-state index contributed by atoms with van der Waals surface area (Å²) in [5.41, 5.74) is 1.88. The molecule has 124 heavy (non-hydrogen) atoms. The molecule has 0 N–H and O–H groups in total. The number of allylic oxidation sites excluding steroid dienone is 4. The number of esters is 8. The molecule has 24 nitrogen and oxygen atoms in total. The lowest BCUT2D eigenvalue weighted by molar-refractivity contribution is -0.927. The lowest BCUT2D eigenvalue weighted by Crippen LogP contribution is -2.51. The molecule has 0 amide bonds. The zero-order chi connectivity index (χ0) is 97.4. The van der Waals surface area contributed by atoms with Gasteiger partial charge in [0.1, 0.15) is 105 Å². The van der Waals surface area contributed by atoms with E-state index >= 15 is 0 Å². The van der Waals surface area contributed by atoms with Gasteiger partial charge in [0.05, 0.1) is 160 Å². The lowest BCUT2D eigenvalue weighted by Gasteiger charge is -2.37. The van der Waals surface area contributed by atoms with Crippen LogP contribution in [0.1, 0.15) is 244 Å². The second-order valence-corrected chi connectivity index (χ2v) is 34.4. The smallest absolute Gasteiger partial charge is 0.333 e. The summed E-state index contributed by atoms with van der Waals surface area (Å²) in [5, 5.41) is 0. The molecule has 0 saturated carbocycles. The maximum atomic E-state index is 11.4. The molecule has 0 rings (SSSR count). The Morgan fingerprint density at radius 2 is 0.371 bits per heavy atom. The normalized spacial score (nSPS) is 12.4. The van der Waals surface area contributed by atoms with Crippen molar-refractivity contribution in [1.82, 2.24) is 0 Å². The Hall–Kier alpha value is -6.64. The Kier molecular flexibility index (Phi) is 87.9. The summed E-state index contributed by atoms with van der Waals surface area (Å²) in [4.78, 5) is 89.1. The summed E-state index contributed by atoms with van der Waals surface area (Å²) >= 11 is 0. The van der Waals surface area contributed by atoms with Gasteiger partial charge in [-0.25, -0.2) is 38.4 Å². The van der Waals surface area contributed by atoms with E-state index in [0.717, 1.165) is 167 Å². The number of nitrogens with zero attached hydrogens (tertiary/aromatic N) is 8. The van der Waals surface area contributed by atoms with Gasteiger partial charge in [-0.05, 0) is 176 Å². The second-order valence-electron chi connectivity index (χ2n) is 34.4. The van der Waals surface area contributed by atoms with Crippen LogP contribution in [0.25, 0.3) is 0 Å². The Morgan fingerprint density at radius 3 is 0.516 bits per heavy atom.